The van der Waals surface area contributed by atoms with Crippen LogP contribution in [0.25, 0.3) is 0 Å². The van der Waals surface area contributed by atoms with Crippen LogP contribution in [0.5, 0.6) is 0 Å². The van der Waals surface area contributed by atoms with Crippen LogP contribution in [0.4, 0.5) is 0 Å². The van der Waals surface area contributed by atoms with Crippen LogP contribution in [0.15, 0.2) is 0 Å². The Morgan fingerprint density at radius 1 is 1.08 bits per heavy atom. The molecule has 0 spiro atoms. The van der Waals surface area contributed by atoms with Gasteiger partial charge in [-0.1, -0.05) is 0 Å². The van der Waals surface area contributed by atoms with Gasteiger partial charge >= 0.3 is 0 Å². The fourth-order valence-corrected chi connectivity index (χ4v) is 2.45. The van der Waals surface area contributed by atoms with Crippen LogP contribution in [0.2, 0.25) is 0 Å². The van der Waals surface area contributed by atoms with Gasteiger partial charge < -0.3 is 10.6 Å². The van der Waals surface area contributed by atoms with E-state index < -0.39 is 0 Å². The summed E-state index contributed by atoms with van der Waals surface area (Å²) in [5.41, 5.74) is 5.89. The van der Waals surface area contributed by atoms with E-state index in [1.807, 2.05) is 0 Å². The van der Waals surface area contributed by atoms with E-state index in [-0.39, 0.29) is 24.8 Å². The SMILES string of the molecule is CN1[C@@H]2CC[C@H]1C[C@@H](N)C2.Cl.Cl. The molecule has 0 unspecified atom stereocenters. The minimum absolute atomic E-state index is 0. The highest BCUT2D eigenvalue weighted by Gasteiger charge is 2.36. The number of piperidine rings is 1. The number of fused-ring (bicyclic) bond motifs is 2. The highest BCUT2D eigenvalue weighted by Crippen LogP contribution is 2.33. The molecule has 12 heavy (non-hydrogen) atoms. The maximum Gasteiger partial charge on any atom is 0.0110 e. The molecule has 0 aromatic carbocycles. The summed E-state index contributed by atoms with van der Waals surface area (Å²) < 4.78 is 0. The molecule has 0 aromatic rings. The first-order valence-electron chi connectivity index (χ1n) is 4.25. The maximum atomic E-state index is 5.89. The molecular weight excluding hydrogens is 195 g/mol. The first kappa shape index (κ1) is 12.5. The third-order valence-electron chi connectivity index (χ3n) is 3.13. The Morgan fingerprint density at radius 2 is 1.50 bits per heavy atom. The zero-order valence-corrected chi connectivity index (χ0v) is 9.03. The minimum Gasteiger partial charge on any atom is -0.328 e. The van der Waals surface area contributed by atoms with Crippen molar-refractivity contribution in [2.24, 2.45) is 5.73 Å². The van der Waals surface area contributed by atoms with Gasteiger partial charge in [-0.2, -0.15) is 0 Å². The minimum atomic E-state index is 0. The number of nitrogens with two attached hydrogens (primary N) is 1. The molecular formula is C8H18Cl2N2. The molecule has 0 saturated carbocycles. The third-order valence-corrected chi connectivity index (χ3v) is 3.13. The summed E-state index contributed by atoms with van der Waals surface area (Å²) in [6.07, 6.45) is 5.23. The normalized spacial score (nSPS) is 40.0. The lowest BCUT2D eigenvalue weighted by Crippen LogP contribution is -2.45. The van der Waals surface area contributed by atoms with Crippen molar-refractivity contribution in [3.63, 3.8) is 0 Å². The second-order valence-corrected chi connectivity index (χ2v) is 3.78. The van der Waals surface area contributed by atoms with Crippen molar-refractivity contribution in [3.8, 4) is 0 Å². The largest absolute Gasteiger partial charge is 0.328 e. The number of halogens is 2. The molecule has 2 aliphatic heterocycles. The van der Waals surface area contributed by atoms with Gasteiger partial charge in [0.2, 0.25) is 0 Å². The number of nitrogens with zero attached hydrogens (tertiary/aromatic N) is 1. The lowest BCUT2D eigenvalue weighted by atomic mass is 9.99. The highest BCUT2D eigenvalue weighted by atomic mass is 35.5. The topological polar surface area (TPSA) is 29.3 Å². The Kier molecular flexibility index (Phi) is 4.85. The van der Waals surface area contributed by atoms with Gasteiger partial charge in [0.1, 0.15) is 0 Å². The smallest absolute Gasteiger partial charge is 0.0110 e. The lowest BCUT2D eigenvalue weighted by molar-refractivity contribution is 0.163. The summed E-state index contributed by atoms with van der Waals surface area (Å²) in [5.74, 6) is 0. The van der Waals surface area contributed by atoms with Gasteiger partial charge in [-0.15, -0.1) is 24.8 Å². The maximum absolute atomic E-state index is 5.89. The third kappa shape index (κ3) is 2.05. The Balaban J connectivity index is 0.000000605. The lowest BCUT2D eigenvalue weighted by Gasteiger charge is -2.34. The van der Waals surface area contributed by atoms with Crippen molar-refractivity contribution in [3.05, 3.63) is 0 Å². The van der Waals surface area contributed by atoms with E-state index in [0.29, 0.717) is 6.04 Å². The van der Waals surface area contributed by atoms with Gasteiger partial charge in [0.05, 0.1) is 0 Å². The monoisotopic (exact) mass is 212 g/mol. The standard InChI is InChI=1S/C8H16N2.2ClH/c1-10-7-2-3-8(10)5-6(9)4-7;;/h6-8H,2-5,9H2,1H3;2*1H/t6-,7+,8-;;. The van der Waals surface area contributed by atoms with Crippen LogP contribution in [0, 0.1) is 0 Å². The number of rotatable bonds is 0. The van der Waals surface area contributed by atoms with Gasteiger partial charge in [-0.3, -0.25) is 0 Å². The van der Waals surface area contributed by atoms with Crippen molar-refractivity contribution >= 4 is 24.8 Å². The van der Waals surface area contributed by atoms with Gasteiger partial charge in [0, 0.05) is 18.1 Å². The van der Waals surface area contributed by atoms with Gasteiger partial charge in [0.15, 0.2) is 0 Å². The summed E-state index contributed by atoms with van der Waals surface area (Å²) >= 11 is 0. The van der Waals surface area contributed by atoms with Crippen LogP contribution in [-0.2, 0) is 0 Å². The van der Waals surface area contributed by atoms with E-state index in [1.54, 1.807) is 0 Å². The summed E-state index contributed by atoms with van der Waals surface area (Å²) in [6, 6.07) is 2.12. The molecule has 2 saturated heterocycles. The molecule has 2 fully saturated rings. The average molecular weight is 213 g/mol. The van der Waals surface area contributed by atoms with Crippen LogP contribution in [0.3, 0.4) is 0 Å². The molecule has 3 atom stereocenters. The van der Waals surface area contributed by atoms with E-state index in [9.17, 15) is 0 Å². The molecule has 0 aliphatic carbocycles. The quantitative estimate of drug-likeness (QED) is 0.659. The second kappa shape index (κ2) is 4.66. The van der Waals surface area contributed by atoms with Crippen LogP contribution >= 0.6 is 24.8 Å². The molecule has 2 bridgehead atoms. The van der Waals surface area contributed by atoms with E-state index >= 15 is 0 Å². The molecule has 74 valence electrons. The summed E-state index contributed by atoms with van der Waals surface area (Å²) in [4.78, 5) is 2.52. The fourth-order valence-electron chi connectivity index (χ4n) is 2.45. The molecule has 0 radical (unpaired) electrons. The molecule has 4 heteroatoms. The highest BCUT2D eigenvalue weighted by molar-refractivity contribution is 5.85. The van der Waals surface area contributed by atoms with E-state index in [2.05, 4.69) is 11.9 Å². The Hall–Kier alpha value is 0.500. The van der Waals surface area contributed by atoms with Crippen molar-refractivity contribution in [1.82, 2.24) is 4.90 Å². The fraction of sp³-hybridized carbons (Fsp3) is 1.00. The molecule has 2 nitrogen and oxygen atoms in total. The zero-order chi connectivity index (χ0) is 7.14. The first-order chi connectivity index (χ1) is 4.77. The van der Waals surface area contributed by atoms with Gasteiger partial charge in [-0.05, 0) is 32.7 Å². The van der Waals surface area contributed by atoms with E-state index in [1.165, 1.54) is 25.7 Å². The van der Waals surface area contributed by atoms with Crippen LogP contribution in [0.1, 0.15) is 25.7 Å². The average Bonchev–Trinajstić information content (AvgIpc) is 2.20. The molecule has 2 N–H and O–H groups in total. The predicted molar refractivity (Wildman–Crippen MR) is 56.3 cm³/mol. The summed E-state index contributed by atoms with van der Waals surface area (Å²) in [6.45, 7) is 0. The van der Waals surface area contributed by atoms with Gasteiger partial charge in [-0.25, -0.2) is 0 Å². The van der Waals surface area contributed by atoms with Gasteiger partial charge in [0.25, 0.3) is 0 Å². The van der Waals surface area contributed by atoms with Crippen LogP contribution in [-0.4, -0.2) is 30.1 Å². The van der Waals surface area contributed by atoms with Crippen molar-refractivity contribution in [1.29, 1.82) is 0 Å². The second-order valence-electron chi connectivity index (χ2n) is 3.78. The zero-order valence-electron chi connectivity index (χ0n) is 7.40. The molecule has 0 aromatic heterocycles. The van der Waals surface area contributed by atoms with Crippen molar-refractivity contribution < 1.29 is 0 Å². The first-order valence-corrected chi connectivity index (χ1v) is 4.25. The van der Waals surface area contributed by atoms with E-state index in [0.717, 1.165) is 12.1 Å². The molecule has 2 heterocycles. The molecule has 0 amide bonds. The summed E-state index contributed by atoms with van der Waals surface area (Å²) in [5, 5.41) is 0. The Labute approximate surface area is 86.7 Å². The molecule has 2 aliphatic rings. The number of hydrogen-bond acceptors (Lipinski definition) is 2. The Bertz CT molecular complexity index is 129. The Morgan fingerprint density at radius 3 is 1.92 bits per heavy atom. The molecule has 2 rings (SSSR count). The number of hydrogen-bond donors (Lipinski definition) is 1. The van der Waals surface area contributed by atoms with Crippen molar-refractivity contribution in [2.75, 3.05) is 7.05 Å². The van der Waals surface area contributed by atoms with E-state index in [4.69, 9.17) is 5.73 Å². The van der Waals surface area contributed by atoms with Crippen molar-refractivity contribution in [2.45, 2.75) is 43.8 Å². The van der Waals surface area contributed by atoms with Crippen LogP contribution < -0.4 is 5.73 Å². The summed E-state index contributed by atoms with van der Waals surface area (Å²) in [7, 11) is 2.24. The predicted octanol–water partition coefficient (Wildman–Crippen LogP) is 1.41.